The molecule has 0 aromatic heterocycles. The topological polar surface area (TPSA) is 35.2 Å². The van der Waals surface area contributed by atoms with Crippen molar-refractivity contribution in [2.45, 2.75) is 12.8 Å². The van der Waals surface area contributed by atoms with Gasteiger partial charge in [-0.1, -0.05) is 6.92 Å². The largest absolute Gasteiger partial charge is 0.493 e. The molecule has 0 radical (unpaired) electrons. The summed E-state index contributed by atoms with van der Waals surface area (Å²) in [6, 6.07) is 5.80. The van der Waals surface area contributed by atoms with Crippen LogP contribution in [-0.2, 0) is 0 Å². The standard InChI is InChI=1S/C9H11NO/c1-6-5-11-9-3-2-7(10)4-8(6)9/h2-4,6H,5,10H2,1H3. The van der Waals surface area contributed by atoms with Gasteiger partial charge in [-0.15, -0.1) is 0 Å². The van der Waals surface area contributed by atoms with Crippen molar-refractivity contribution in [3.63, 3.8) is 0 Å². The number of nitrogen functional groups attached to an aromatic ring is 1. The summed E-state index contributed by atoms with van der Waals surface area (Å²) < 4.78 is 5.41. The molecule has 1 aromatic carbocycles. The van der Waals surface area contributed by atoms with E-state index in [-0.39, 0.29) is 0 Å². The second kappa shape index (κ2) is 2.16. The number of anilines is 1. The SMILES string of the molecule is CC1COc2ccc(N)cc21. The molecule has 2 rings (SSSR count). The van der Waals surface area contributed by atoms with Gasteiger partial charge >= 0.3 is 0 Å². The molecule has 0 fully saturated rings. The van der Waals surface area contributed by atoms with Gasteiger partial charge in [0.25, 0.3) is 0 Å². The third-order valence-corrected chi connectivity index (χ3v) is 2.05. The van der Waals surface area contributed by atoms with Gasteiger partial charge in [0.1, 0.15) is 5.75 Å². The highest BCUT2D eigenvalue weighted by molar-refractivity contribution is 5.50. The number of rotatable bonds is 0. The molecule has 0 saturated heterocycles. The first-order chi connectivity index (χ1) is 5.27. The summed E-state index contributed by atoms with van der Waals surface area (Å²) >= 11 is 0. The number of nitrogens with two attached hydrogens (primary N) is 1. The monoisotopic (exact) mass is 149 g/mol. The maximum Gasteiger partial charge on any atom is 0.123 e. The van der Waals surface area contributed by atoms with Crippen LogP contribution >= 0.6 is 0 Å². The molecule has 1 unspecified atom stereocenters. The predicted molar refractivity (Wildman–Crippen MR) is 44.8 cm³/mol. The molecular weight excluding hydrogens is 138 g/mol. The average Bonchev–Trinajstić information content (AvgIpc) is 2.33. The molecule has 1 aliphatic heterocycles. The van der Waals surface area contributed by atoms with Gasteiger partial charge in [-0.25, -0.2) is 0 Å². The third kappa shape index (κ3) is 0.946. The Kier molecular flexibility index (Phi) is 1.28. The Bertz CT molecular complexity index is 283. The molecule has 1 aromatic rings. The lowest BCUT2D eigenvalue weighted by atomic mass is 10.0. The highest BCUT2D eigenvalue weighted by atomic mass is 16.5. The Morgan fingerprint density at radius 2 is 2.36 bits per heavy atom. The van der Waals surface area contributed by atoms with Crippen molar-refractivity contribution in [2.24, 2.45) is 0 Å². The van der Waals surface area contributed by atoms with Crippen LogP contribution in [0, 0.1) is 0 Å². The van der Waals surface area contributed by atoms with Crippen LogP contribution in [0.25, 0.3) is 0 Å². The van der Waals surface area contributed by atoms with Crippen molar-refractivity contribution in [2.75, 3.05) is 12.3 Å². The maximum absolute atomic E-state index is 5.64. The van der Waals surface area contributed by atoms with E-state index < -0.39 is 0 Å². The number of hydrogen-bond acceptors (Lipinski definition) is 2. The van der Waals surface area contributed by atoms with Crippen LogP contribution in [0.15, 0.2) is 18.2 Å². The van der Waals surface area contributed by atoms with Gasteiger partial charge in [0.05, 0.1) is 6.61 Å². The molecule has 2 nitrogen and oxygen atoms in total. The predicted octanol–water partition coefficient (Wildman–Crippen LogP) is 1.76. The van der Waals surface area contributed by atoms with Crippen LogP contribution in [0.4, 0.5) is 5.69 Å². The highest BCUT2D eigenvalue weighted by Crippen LogP contribution is 2.34. The van der Waals surface area contributed by atoms with Gasteiger partial charge in [0, 0.05) is 17.2 Å². The molecule has 1 heterocycles. The average molecular weight is 149 g/mol. The van der Waals surface area contributed by atoms with Crippen molar-refractivity contribution in [3.8, 4) is 5.75 Å². The van der Waals surface area contributed by atoms with Crippen LogP contribution in [0.2, 0.25) is 0 Å². The van der Waals surface area contributed by atoms with E-state index in [4.69, 9.17) is 10.5 Å². The fraction of sp³-hybridized carbons (Fsp3) is 0.333. The summed E-state index contributed by atoms with van der Waals surface area (Å²) in [5.41, 5.74) is 7.70. The Morgan fingerprint density at radius 3 is 3.18 bits per heavy atom. The van der Waals surface area contributed by atoms with E-state index in [9.17, 15) is 0 Å². The Labute approximate surface area is 66.0 Å². The van der Waals surface area contributed by atoms with E-state index in [0.29, 0.717) is 5.92 Å². The number of benzene rings is 1. The third-order valence-electron chi connectivity index (χ3n) is 2.05. The van der Waals surface area contributed by atoms with Gasteiger partial charge in [-0.2, -0.15) is 0 Å². The molecule has 0 saturated carbocycles. The number of hydrogen-bond donors (Lipinski definition) is 1. The Morgan fingerprint density at radius 1 is 1.55 bits per heavy atom. The van der Waals surface area contributed by atoms with Crippen molar-refractivity contribution < 1.29 is 4.74 Å². The minimum atomic E-state index is 0.494. The van der Waals surface area contributed by atoms with Gasteiger partial charge in [0.15, 0.2) is 0 Å². The zero-order valence-corrected chi connectivity index (χ0v) is 6.50. The van der Waals surface area contributed by atoms with Crippen LogP contribution in [0.1, 0.15) is 18.4 Å². The Balaban J connectivity index is 2.52. The number of fused-ring (bicyclic) bond motifs is 1. The maximum atomic E-state index is 5.64. The molecule has 0 bridgehead atoms. The molecule has 0 amide bonds. The molecule has 2 N–H and O–H groups in total. The van der Waals surface area contributed by atoms with E-state index >= 15 is 0 Å². The van der Waals surface area contributed by atoms with Crippen LogP contribution < -0.4 is 10.5 Å². The minimum Gasteiger partial charge on any atom is -0.493 e. The lowest BCUT2D eigenvalue weighted by Crippen LogP contribution is -1.93. The summed E-state index contributed by atoms with van der Waals surface area (Å²) in [7, 11) is 0. The molecule has 11 heavy (non-hydrogen) atoms. The van der Waals surface area contributed by atoms with Crippen molar-refractivity contribution >= 4 is 5.69 Å². The quantitative estimate of drug-likeness (QED) is 0.570. The first kappa shape index (κ1) is 6.53. The molecule has 1 aliphatic rings. The van der Waals surface area contributed by atoms with Gasteiger partial charge < -0.3 is 10.5 Å². The smallest absolute Gasteiger partial charge is 0.123 e. The minimum absolute atomic E-state index is 0.494. The van der Waals surface area contributed by atoms with E-state index in [1.807, 2.05) is 18.2 Å². The summed E-state index contributed by atoms with van der Waals surface area (Å²) in [6.45, 7) is 2.93. The highest BCUT2D eigenvalue weighted by Gasteiger charge is 2.19. The lowest BCUT2D eigenvalue weighted by Gasteiger charge is -2.00. The number of ether oxygens (including phenoxy) is 1. The van der Waals surface area contributed by atoms with E-state index in [0.717, 1.165) is 18.0 Å². The van der Waals surface area contributed by atoms with Crippen LogP contribution in [0.3, 0.4) is 0 Å². The summed E-state index contributed by atoms with van der Waals surface area (Å²) in [6.07, 6.45) is 0. The molecular formula is C9H11NO. The second-order valence-electron chi connectivity index (χ2n) is 3.01. The first-order valence-corrected chi connectivity index (χ1v) is 3.79. The van der Waals surface area contributed by atoms with Crippen molar-refractivity contribution in [1.82, 2.24) is 0 Å². The molecule has 0 aliphatic carbocycles. The lowest BCUT2D eigenvalue weighted by molar-refractivity contribution is 0.337. The van der Waals surface area contributed by atoms with E-state index in [1.165, 1.54) is 5.56 Å². The van der Waals surface area contributed by atoms with Crippen molar-refractivity contribution in [3.05, 3.63) is 23.8 Å². The normalized spacial score (nSPS) is 21.0. The van der Waals surface area contributed by atoms with E-state index in [1.54, 1.807) is 0 Å². The molecule has 2 heteroatoms. The molecule has 1 atom stereocenters. The van der Waals surface area contributed by atoms with Gasteiger partial charge in [-0.3, -0.25) is 0 Å². The van der Waals surface area contributed by atoms with Crippen LogP contribution in [-0.4, -0.2) is 6.61 Å². The Hall–Kier alpha value is -1.18. The van der Waals surface area contributed by atoms with Gasteiger partial charge in [-0.05, 0) is 18.2 Å². The van der Waals surface area contributed by atoms with Crippen LogP contribution in [0.5, 0.6) is 5.75 Å². The zero-order valence-electron chi connectivity index (χ0n) is 6.50. The summed E-state index contributed by atoms with van der Waals surface area (Å²) in [5, 5.41) is 0. The fourth-order valence-corrected chi connectivity index (χ4v) is 1.39. The first-order valence-electron chi connectivity index (χ1n) is 3.79. The summed E-state index contributed by atoms with van der Waals surface area (Å²) in [4.78, 5) is 0. The van der Waals surface area contributed by atoms with Crippen molar-refractivity contribution in [1.29, 1.82) is 0 Å². The molecule has 58 valence electrons. The molecule has 0 spiro atoms. The summed E-state index contributed by atoms with van der Waals surface area (Å²) in [5.74, 6) is 1.49. The van der Waals surface area contributed by atoms with Gasteiger partial charge in [0.2, 0.25) is 0 Å². The van der Waals surface area contributed by atoms with E-state index in [2.05, 4.69) is 6.92 Å². The zero-order chi connectivity index (χ0) is 7.84. The second-order valence-corrected chi connectivity index (χ2v) is 3.01. The fourth-order valence-electron chi connectivity index (χ4n) is 1.39.